The lowest BCUT2D eigenvalue weighted by molar-refractivity contribution is -0.127. The minimum Gasteiger partial charge on any atom is -0.378 e. The Labute approximate surface area is 100 Å². The van der Waals surface area contributed by atoms with Gasteiger partial charge in [0.1, 0.15) is 0 Å². The molecule has 1 amide bonds. The first-order valence-electron chi connectivity index (χ1n) is 5.67. The number of amides is 1. The monoisotopic (exact) mass is 277 g/mol. The summed E-state index contributed by atoms with van der Waals surface area (Å²) in [7, 11) is 0. The van der Waals surface area contributed by atoms with Gasteiger partial charge in [0.05, 0.1) is 12.0 Å². The molecule has 1 saturated heterocycles. The van der Waals surface area contributed by atoms with Gasteiger partial charge in [-0.2, -0.15) is 0 Å². The Morgan fingerprint density at radius 3 is 2.87 bits per heavy atom. The maximum atomic E-state index is 11.9. The van der Waals surface area contributed by atoms with Gasteiger partial charge in [-0.1, -0.05) is 22.9 Å². The molecular weight excluding hydrogens is 258 g/mol. The summed E-state index contributed by atoms with van der Waals surface area (Å²) in [6.07, 6.45) is 2.91. The van der Waals surface area contributed by atoms with E-state index in [1.165, 1.54) is 0 Å². The second-order valence-corrected chi connectivity index (χ2v) is 4.86. The number of carbonyl (C=O) groups excluding carboxylic acids is 1. The van der Waals surface area contributed by atoms with Crippen molar-refractivity contribution in [1.29, 1.82) is 0 Å². The van der Waals surface area contributed by atoms with Crippen LogP contribution in [0.3, 0.4) is 0 Å². The second-order valence-electron chi connectivity index (χ2n) is 4.06. The third kappa shape index (κ3) is 3.76. The quantitative estimate of drug-likeness (QED) is 0.782. The maximum absolute atomic E-state index is 11.9. The van der Waals surface area contributed by atoms with Crippen molar-refractivity contribution in [2.75, 3.05) is 11.9 Å². The van der Waals surface area contributed by atoms with Gasteiger partial charge in [-0.15, -0.1) is 0 Å². The molecule has 1 fully saturated rings. The van der Waals surface area contributed by atoms with Crippen molar-refractivity contribution in [3.63, 3.8) is 0 Å². The molecule has 0 saturated carbocycles. The van der Waals surface area contributed by atoms with Crippen molar-refractivity contribution in [2.24, 2.45) is 5.92 Å². The highest BCUT2D eigenvalue weighted by molar-refractivity contribution is 9.09. The van der Waals surface area contributed by atoms with Crippen molar-refractivity contribution in [3.8, 4) is 0 Å². The van der Waals surface area contributed by atoms with Crippen molar-refractivity contribution in [1.82, 2.24) is 5.32 Å². The summed E-state index contributed by atoms with van der Waals surface area (Å²) in [5.41, 5.74) is 0. The molecule has 3 atom stereocenters. The fraction of sp³-hybridized carbons (Fsp3) is 0.909. The highest BCUT2D eigenvalue weighted by Gasteiger charge is 2.31. The van der Waals surface area contributed by atoms with Crippen molar-refractivity contribution < 1.29 is 9.53 Å². The van der Waals surface area contributed by atoms with E-state index in [2.05, 4.69) is 28.2 Å². The van der Waals surface area contributed by atoms with Gasteiger partial charge in [0, 0.05) is 18.0 Å². The summed E-state index contributed by atoms with van der Waals surface area (Å²) in [5.74, 6) is 0.210. The largest absolute Gasteiger partial charge is 0.378 e. The lowest BCUT2D eigenvalue weighted by atomic mass is 10.0. The van der Waals surface area contributed by atoms with Gasteiger partial charge in [-0.3, -0.25) is 4.79 Å². The number of nitrogens with one attached hydrogen (secondary N) is 1. The Balaban J connectivity index is 2.39. The molecule has 4 heteroatoms. The molecule has 0 radical (unpaired) electrons. The molecule has 0 aromatic heterocycles. The predicted octanol–water partition coefficient (Wildman–Crippen LogP) is 2.09. The summed E-state index contributed by atoms with van der Waals surface area (Å²) in [6.45, 7) is 4.79. The first-order valence-corrected chi connectivity index (χ1v) is 6.79. The van der Waals surface area contributed by atoms with E-state index >= 15 is 0 Å². The summed E-state index contributed by atoms with van der Waals surface area (Å²) in [4.78, 5) is 11.9. The predicted molar refractivity (Wildman–Crippen MR) is 64.2 cm³/mol. The molecule has 1 N–H and O–H groups in total. The van der Waals surface area contributed by atoms with E-state index < -0.39 is 0 Å². The summed E-state index contributed by atoms with van der Waals surface area (Å²) in [6, 6.07) is 0.296. The second kappa shape index (κ2) is 6.48. The van der Waals surface area contributed by atoms with Crippen LogP contribution in [0.15, 0.2) is 0 Å². The third-order valence-electron chi connectivity index (χ3n) is 3.01. The molecule has 15 heavy (non-hydrogen) atoms. The fourth-order valence-corrected chi connectivity index (χ4v) is 2.45. The topological polar surface area (TPSA) is 38.3 Å². The molecule has 3 unspecified atom stereocenters. The van der Waals surface area contributed by atoms with Gasteiger partial charge in [-0.25, -0.2) is 0 Å². The first-order chi connectivity index (χ1) is 7.19. The van der Waals surface area contributed by atoms with Crippen LogP contribution in [0.5, 0.6) is 0 Å². The molecule has 1 rings (SSSR count). The Bertz CT molecular complexity index is 211. The van der Waals surface area contributed by atoms with E-state index in [-0.39, 0.29) is 17.9 Å². The zero-order chi connectivity index (χ0) is 11.3. The normalized spacial score (nSPS) is 27.7. The van der Waals surface area contributed by atoms with E-state index in [9.17, 15) is 4.79 Å². The number of rotatable bonds is 5. The smallest absolute Gasteiger partial charge is 0.226 e. The first kappa shape index (κ1) is 13.0. The standard InChI is InChI=1S/C11H20BrNO2/c1-3-9(4-6-12)13-11(14)10-5-7-15-8(10)2/h8-10H,3-7H2,1-2H3,(H,13,14). The van der Waals surface area contributed by atoms with E-state index in [1.54, 1.807) is 0 Å². The molecular formula is C11H20BrNO2. The number of carbonyl (C=O) groups is 1. The molecule has 0 bridgehead atoms. The molecule has 0 spiro atoms. The fourth-order valence-electron chi connectivity index (χ4n) is 1.89. The number of alkyl halides is 1. The molecule has 0 aromatic carbocycles. The molecule has 0 aromatic rings. The van der Waals surface area contributed by atoms with Gasteiger partial charge < -0.3 is 10.1 Å². The van der Waals surface area contributed by atoms with E-state index in [0.717, 1.165) is 24.6 Å². The molecule has 0 aliphatic carbocycles. The molecule has 88 valence electrons. The van der Waals surface area contributed by atoms with Crippen molar-refractivity contribution in [2.45, 2.75) is 45.3 Å². The van der Waals surface area contributed by atoms with Gasteiger partial charge in [0.15, 0.2) is 0 Å². The highest BCUT2D eigenvalue weighted by Crippen LogP contribution is 2.20. The Morgan fingerprint density at radius 2 is 2.40 bits per heavy atom. The van der Waals surface area contributed by atoms with Crippen LogP contribution in [0, 0.1) is 5.92 Å². The highest BCUT2D eigenvalue weighted by atomic mass is 79.9. The number of ether oxygens (including phenoxy) is 1. The Hall–Kier alpha value is -0.0900. The van der Waals surface area contributed by atoms with E-state index in [0.29, 0.717) is 12.6 Å². The van der Waals surface area contributed by atoms with Crippen LogP contribution in [0.25, 0.3) is 0 Å². The minimum absolute atomic E-state index is 0.0503. The average molecular weight is 278 g/mol. The Kier molecular flexibility index (Phi) is 5.61. The van der Waals surface area contributed by atoms with Gasteiger partial charge in [-0.05, 0) is 26.2 Å². The molecule has 1 aliphatic rings. The average Bonchev–Trinajstić information content (AvgIpc) is 2.63. The SMILES string of the molecule is CCC(CCBr)NC(=O)C1CCOC1C. The summed E-state index contributed by atoms with van der Waals surface area (Å²) < 4.78 is 5.39. The zero-order valence-electron chi connectivity index (χ0n) is 9.46. The van der Waals surface area contributed by atoms with Gasteiger partial charge in [0.25, 0.3) is 0 Å². The summed E-state index contributed by atoms with van der Waals surface area (Å²) in [5, 5.41) is 4.02. The number of hydrogen-bond donors (Lipinski definition) is 1. The summed E-state index contributed by atoms with van der Waals surface area (Å²) >= 11 is 3.40. The molecule has 3 nitrogen and oxygen atoms in total. The van der Waals surface area contributed by atoms with Crippen LogP contribution in [0.2, 0.25) is 0 Å². The van der Waals surface area contributed by atoms with Crippen LogP contribution >= 0.6 is 15.9 Å². The third-order valence-corrected chi connectivity index (χ3v) is 3.47. The molecule has 1 heterocycles. The van der Waals surface area contributed by atoms with Crippen molar-refractivity contribution >= 4 is 21.8 Å². The van der Waals surface area contributed by atoms with Gasteiger partial charge in [0.2, 0.25) is 5.91 Å². The molecule has 1 aliphatic heterocycles. The Morgan fingerprint density at radius 1 is 1.67 bits per heavy atom. The van der Waals surface area contributed by atoms with Crippen LogP contribution in [0.1, 0.15) is 33.1 Å². The van der Waals surface area contributed by atoms with Crippen LogP contribution in [-0.4, -0.2) is 30.0 Å². The minimum atomic E-state index is 0.0503. The van der Waals surface area contributed by atoms with Crippen LogP contribution in [-0.2, 0) is 9.53 Å². The zero-order valence-corrected chi connectivity index (χ0v) is 11.0. The van der Waals surface area contributed by atoms with E-state index in [1.807, 2.05) is 6.92 Å². The van der Waals surface area contributed by atoms with Crippen molar-refractivity contribution in [3.05, 3.63) is 0 Å². The van der Waals surface area contributed by atoms with Crippen LogP contribution in [0.4, 0.5) is 0 Å². The van der Waals surface area contributed by atoms with E-state index in [4.69, 9.17) is 4.74 Å². The maximum Gasteiger partial charge on any atom is 0.226 e. The number of halogens is 1. The lowest BCUT2D eigenvalue weighted by Crippen LogP contribution is -2.40. The van der Waals surface area contributed by atoms with Crippen LogP contribution < -0.4 is 5.32 Å². The van der Waals surface area contributed by atoms with Gasteiger partial charge >= 0.3 is 0 Å². The number of hydrogen-bond acceptors (Lipinski definition) is 2. The lowest BCUT2D eigenvalue weighted by Gasteiger charge is -2.20.